The third kappa shape index (κ3) is 11.0. The molecular formula is C10H19KO2. The van der Waals surface area contributed by atoms with Crippen LogP contribution in [0.15, 0.2) is 0 Å². The first kappa shape index (κ1) is 16.5. The van der Waals surface area contributed by atoms with Gasteiger partial charge in [0.05, 0.1) is 0 Å². The van der Waals surface area contributed by atoms with E-state index in [1.54, 1.807) is 6.92 Å². The zero-order valence-corrected chi connectivity index (χ0v) is 12.3. The maximum atomic E-state index is 10.3. The normalized spacial score (nSPS) is 11.8. The summed E-state index contributed by atoms with van der Waals surface area (Å²) in [7, 11) is 0. The molecule has 0 N–H and O–H groups in total. The number of rotatable bonds is 7. The molecule has 0 aliphatic carbocycles. The molecule has 0 radical (unpaired) electrons. The Kier molecular flexibility index (Phi) is 14.2. The van der Waals surface area contributed by atoms with Gasteiger partial charge >= 0.3 is 51.4 Å². The summed E-state index contributed by atoms with van der Waals surface area (Å²) in [5, 5.41) is 10.3. The Labute approximate surface area is 124 Å². The van der Waals surface area contributed by atoms with Gasteiger partial charge in [-0.05, 0) is 12.3 Å². The third-order valence-corrected chi connectivity index (χ3v) is 2.14. The van der Waals surface area contributed by atoms with Crippen LogP contribution in [0.25, 0.3) is 0 Å². The first-order chi connectivity index (χ1) is 5.68. The van der Waals surface area contributed by atoms with Crippen molar-refractivity contribution in [2.24, 2.45) is 5.92 Å². The van der Waals surface area contributed by atoms with Crippen molar-refractivity contribution in [2.75, 3.05) is 0 Å². The number of carbonyl (C=O) groups is 1. The van der Waals surface area contributed by atoms with Crippen LogP contribution in [0.4, 0.5) is 0 Å². The monoisotopic (exact) mass is 210 g/mol. The van der Waals surface area contributed by atoms with E-state index in [2.05, 4.69) is 6.92 Å². The molecule has 0 spiro atoms. The molecule has 0 bridgehead atoms. The van der Waals surface area contributed by atoms with Crippen molar-refractivity contribution in [2.45, 2.75) is 52.4 Å². The van der Waals surface area contributed by atoms with Crippen molar-refractivity contribution in [1.29, 1.82) is 0 Å². The Hall–Kier alpha value is 1.11. The predicted octanol–water partition coefficient (Wildman–Crippen LogP) is -1.26. The Bertz CT molecular complexity index is 126. The molecule has 3 heteroatoms. The summed E-state index contributed by atoms with van der Waals surface area (Å²) in [6, 6.07) is 0. The molecule has 72 valence electrons. The zero-order valence-electron chi connectivity index (χ0n) is 9.14. The number of unbranched alkanes of at least 4 members (excludes halogenated alkanes) is 4. The first-order valence-corrected chi connectivity index (χ1v) is 4.89. The molecule has 0 fully saturated rings. The minimum absolute atomic E-state index is 0. The van der Waals surface area contributed by atoms with E-state index in [9.17, 15) is 9.90 Å². The number of carbonyl (C=O) groups excluding carboxylic acids is 1. The third-order valence-electron chi connectivity index (χ3n) is 2.14. The fourth-order valence-corrected chi connectivity index (χ4v) is 1.17. The van der Waals surface area contributed by atoms with E-state index >= 15 is 0 Å². The van der Waals surface area contributed by atoms with E-state index in [1.807, 2.05) is 0 Å². The van der Waals surface area contributed by atoms with Gasteiger partial charge in [-0.25, -0.2) is 0 Å². The second-order valence-electron chi connectivity index (χ2n) is 3.42. The molecule has 0 aromatic rings. The molecule has 13 heavy (non-hydrogen) atoms. The van der Waals surface area contributed by atoms with Crippen LogP contribution in [0.3, 0.4) is 0 Å². The Morgan fingerprint density at radius 1 is 1.23 bits per heavy atom. The second-order valence-corrected chi connectivity index (χ2v) is 3.42. The average molecular weight is 210 g/mol. The van der Waals surface area contributed by atoms with Gasteiger partial charge in [-0.1, -0.05) is 46.0 Å². The van der Waals surface area contributed by atoms with Gasteiger partial charge in [0.15, 0.2) is 0 Å². The van der Waals surface area contributed by atoms with Crippen molar-refractivity contribution in [1.82, 2.24) is 0 Å². The Morgan fingerprint density at radius 3 is 2.23 bits per heavy atom. The molecule has 0 heterocycles. The SMILES string of the molecule is CCCCCCCC(C)C(=O)[O-].[K+]. The molecule has 1 atom stereocenters. The van der Waals surface area contributed by atoms with Crippen LogP contribution >= 0.6 is 0 Å². The van der Waals surface area contributed by atoms with E-state index in [4.69, 9.17) is 0 Å². The molecular weight excluding hydrogens is 191 g/mol. The summed E-state index contributed by atoms with van der Waals surface area (Å²) in [4.78, 5) is 10.3. The van der Waals surface area contributed by atoms with Gasteiger partial charge in [-0.3, -0.25) is 0 Å². The quantitative estimate of drug-likeness (QED) is 0.389. The van der Waals surface area contributed by atoms with Crippen molar-refractivity contribution in [3.63, 3.8) is 0 Å². The van der Waals surface area contributed by atoms with E-state index in [0.717, 1.165) is 19.3 Å². The summed E-state index contributed by atoms with van der Waals surface area (Å²) >= 11 is 0. The molecule has 0 aliphatic rings. The average Bonchev–Trinajstić information content (AvgIpc) is 2.03. The summed E-state index contributed by atoms with van der Waals surface area (Å²) in [6.45, 7) is 3.89. The molecule has 0 aromatic heterocycles. The standard InChI is InChI=1S/C10H20O2.K/c1-3-4-5-6-7-8-9(2)10(11)12;/h9H,3-8H2,1-2H3,(H,11,12);/q;+1/p-1. The number of carboxylic acid groups (broad SMARTS) is 1. The van der Waals surface area contributed by atoms with Crippen molar-refractivity contribution in [3.8, 4) is 0 Å². The first-order valence-electron chi connectivity index (χ1n) is 4.89. The molecule has 0 aromatic carbocycles. The number of carboxylic acids is 1. The summed E-state index contributed by atoms with van der Waals surface area (Å²) in [5.74, 6) is -1.18. The molecule has 0 amide bonds. The summed E-state index contributed by atoms with van der Waals surface area (Å²) in [6.07, 6.45) is 6.68. The number of aliphatic carboxylic acids is 1. The molecule has 2 nitrogen and oxygen atoms in total. The fourth-order valence-electron chi connectivity index (χ4n) is 1.17. The van der Waals surface area contributed by atoms with Crippen LogP contribution in [0, 0.1) is 5.92 Å². The van der Waals surface area contributed by atoms with Crippen molar-refractivity contribution in [3.05, 3.63) is 0 Å². The van der Waals surface area contributed by atoms with Crippen LogP contribution in [0.5, 0.6) is 0 Å². The summed E-state index contributed by atoms with van der Waals surface area (Å²) in [5.41, 5.74) is 0. The fraction of sp³-hybridized carbons (Fsp3) is 0.900. The number of hydrogen-bond donors (Lipinski definition) is 0. The largest absolute Gasteiger partial charge is 1.00 e. The van der Waals surface area contributed by atoms with Crippen LogP contribution in [-0.2, 0) is 4.79 Å². The van der Waals surface area contributed by atoms with E-state index in [-0.39, 0.29) is 57.3 Å². The van der Waals surface area contributed by atoms with Gasteiger partial charge in [0.25, 0.3) is 0 Å². The topological polar surface area (TPSA) is 40.1 Å². The molecule has 0 saturated heterocycles. The molecule has 0 rings (SSSR count). The van der Waals surface area contributed by atoms with Gasteiger partial charge in [-0.15, -0.1) is 0 Å². The van der Waals surface area contributed by atoms with E-state index in [0.29, 0.717) is 0 Å². The minimum atomic E-state index is -0.912. The van der Waals surface area contributed by atoms with Gasteiger partial charge in [-0.2, -0.15) is 0 Å². The maximum absolute atomic E-state index is 10.3. The van der Waals surface area contributed by atoms with Gasteiger partial charge in [0.2, 0.25) is 0 Å². The van der Waals surface area contributed by atoms with Gasteiger partial charge in [0.1, 0.15) is 0 Å². The van der Waals surface area contributed by atoms with Crippen LogP contribution in [0.2, 0.25) is 0 Å². The van der Waals surface area contributed by atoms with Crippen LogP contribution < -0.4 is 56.5 Å². The van der Waals surface area contributed by atoms with E-state index in [1.165, 1.54) is 19.3 Å². The molecule has 0 aliphatic heterocycles. The number of hydrogen-bond acceptors (Lipinski definition) is 2. The zero-order chi connectivity index (χ0) is 9.40. The van der Waals surface area contributed by atoms with Gasteiger partial charge < -0.3 is 9.90 Å². The van der Waals surface area contributed by atoms with Crippen LogP contribution in [0.1, 0.15) is 52.4 Å². The Balaban J connectivity index is 0. The predicted molar refractivity (Wildman–Crippen MR) is 47.5 cm³/mol. The van der Waals surface area contributed by atoms with Crippen LogP contribution in [-0.4, -0.2) is 5.97 Å². The second kappa shape index (κ2) is 11.2. The minimum Gasteiger partial charge on any atom is -0.550 e. The molecule has 1 unspecified atom stereocenters. The van der Waals surface area contributed by atoms with E-state index < -0.39 is 5.97 Å². The maximum Gasteiger partial charge on any atom is 1.00 e. The van der Waals surface area contributed by atoms with Crippen molar-refractivity contribution < 1.29 is 61.3 Å². The summed E-state index contributed by atoms with van der Waals surface area (Å²) < 4.78 is 0. The smallest absolute Gasteiger partial charge is 0.550 e. The van der Waals surface area contributed by atoms with Gasteiger partial charge in [0, 0.05) is 5.97 Å². The molecule has 0 saturated carbocycles. The van der Waals surface area contributed by atoms with Crippen molar-refractivity contribution >= 4 is 5.97 Å². The Morgan fingerprint density at radius 2 is 1.77 bits per heavy atom.